The van der Waals surface area contributed by atoms with E-state index in [1.165, 1.54) is 6.07 Å². The molecule has 0 spiro atoms. The van der Waals surface area contributed by atoms with E-state index in [9.17, 15) is 8.42 Å². The SMILES string of the molecule is CN1CCCC(CNS(=O)(=O)c2ccc3c(c2)OCCO3)C1. The van der Waals surface area contributed by atoms with Gasteiger partial charge in [-0.1, -0.05) is 0 Å². The molecule has 3 rings (SSSR count). The molecule has 22 heavy (non-hydrogen) atoms. The Morgan fingerprint density at radius 2 is 2.05 bits per heavy atom. The third kappa shape index (κ3) is 3.53. The minimum Gasteiger partial charge on any atom is -0.486 e. The maximum absolute atomic E-state index is 12.4. The standard InChI is InChI=1S/C15H22N2O4S/c1-17-6-2-3-12(11-17)10-16-22(18,19)13-4-5-14-15(9-13)21-8-7-20-14/h4-5,9,12,16H,2-3,6-8,10-11H2,1H3. The lowest BCUT2D eigenvalue weighted by Gasteiger charge is -2.29. The van der Waals surface area contributed by atoms with Crippen molar-refractivity contribution in [3.63, 3.8) is 0 Å². The van der Waals surface area contributed by atoms with Gasteiger partial charge >= 0.3 is 0 Å². The highest BCUT2D eigenvalue weighted by Gasteiger charge is 2.22. The van der Waals surface area contributed by atoms with E-state index in [0.717, 1.165) is 25.9 Å². The van der Waals surface area contributed by atoms with E-state index in [1.54, 1.807) is 12.1 Å². The fraction of sp³-hybridized carbons (Fsp3) is 0.600. The Labute approximate surface area is 131 Å². The summed E-state index contributed by atoms with van der Waals surface area (Å²) in [4.78, 5) is 2.47. The molecule has 6 nitrogen and oxygen atoms in total. The van der Waals surface area contributed by atoms with Crippen molar-refractivity contribution in [3.05, 3.63) is 18.2 Å². The van der Waals surface area contributed by atoms with Crippen molar-refractivity contribution in [2.45, 2.75) is 17.7 Å². The third-order valence-corrected chi connectivity index (χ3v) is 5.53. The Morgan fingerprint density at radius 1 is 1.27 bits per heavy atom. The number of rotatable bonds is 4. The van der Waals surface area contributed by atoms with Gasteiger partial charge in [-0.05, 0) is 44.5 Å². The Morgan fingerprint density at radius 3 is 2.82 bits per heavy atom. The van der Waals surface area contributed by atoms with Crippen molar-refractivity contribution in [1.29, 1.82) is 0 Å². The van der Waals surface area contributed by atoms with Crippen molar-refractivity contribution in [2.24, 2.45) is 5.92 Å². The maximum atomic E-state index is 12.4. The molecule has 1 unspecified atom stereocenters. The molecule has 1 aromatic rings. The molecule has 0 bridgehead atoms. The second kappa shape index (κ2) is 6.44. The first-order valence-corrected chi connectivity index (χ1v) is 9.11. The van der Waals surface area contributed by atoms with Gasteiger partial charge in [-0.2, -0.15) is 0 Å². The summed E-state index contributed by atoms with van der Waals surface area (Å²) >= 11 is 0. The normalized spacial score (nSPS) is 22.5. The Hall–Kier alpha value is -1.31. The van der Waals surface area contributed by atoms with E-state index in [4.69, 9.17) is 9.47 Å². The average Bonchev–Trinajstić information content (AvgIpc) is 2.53. The Bertz CT molecular complexity index is 632. The lowest BCUT2D eigenvalue weighted by atomic mass is 9.99. The molecule has 0 amide bonds. The zero-order valence-electron chi connectivity index (χ0n) is 12.7. The fourth-order valence-corrected chi connectivity index (χ4v) is 4.07. The van der Waals surface area contributed by atoms with Crippen LogP contribution in [0.1, 0.15) is 12.8 Å². The van der Waals surface area contributed by atoms with Gasteiger partial charge in [-0.25, -0.2) is 13.1 Å². The molecule has 1 fully saturated rings. The molecule has 1 N–H and O–H groups in total. The summed E-state index contributed by atoms with van der Waals surface area (Å²) < 4.78 is 38.4. The predicted molar refractivity (Wildman–Crippen MR) is 82.8 cm³/mol. The van der Waals surface area contributed by atoms with Gasteiger partial charge in [0.2, 0.25) is 10.0 Å². The summed E-state index contributed by atoms with van der Waals surface area (Å²) in [5, 5.41) is 0. The smallest absolute Gasteiger partial charge is 0.240 e. The molecule has 1 saturated heterocycles. The van der Waals surface area contributed by atoms with Gasteiger partial charge in [-0.3, -0.25) is 0 Å². The first kappa shape index (κ1) is 15.6. The largest absolute Gasteiger partial charge is 0.486 e. The number of fused-ring (bicyclic) bond motifs is 1. The van der Waals surface area contributed by atoms with E-state index in [1.807, 2.05) is 0 Å². The summed E-state index contributed by atoms with van der Waals surface area (Å²) in [7, 11) is -1.44. The van der Waals surface area contributed by atoms with Crippen LogP contribution in [-0.4, -0.2) is 53.2 Å². The van der Waals surface area contributed by atoms with Crippen LogP contribution in [0.15, 0.2) is 23.1 Å². The van der Waals surface area contributed by atoms with E-state index in [0.29, 0.717) is 37.2 Å². The fourth-order valence-electron chi connectivity index (χ4n) is 2.94. The van der Waals surface area contributed by atoms with Crippen LogP contribution in [-0.2, 0) is 10.0 Å². The van der Waals surface area contributed by atoms with Gasteiger partial charge < -0.3 is 14.4 Å². The summed E-state index contributed by atoms with van der Waals surface area (Å²) in [6.45, 7) is 3.43. The lowest BCUT2D eigenvalue weighted by Crippen LogP contribution is -2.39. The van der Waals surface area contributed by atoms with Gasteiger partial charge in [0, 0.05) is 19.2 Å². The minimum absolute atomic E-state index is 0.223. The predicted octanol–water partition coefficient (Wildman–Crippen LogP) is 1.08. The molecule has 0 aliphatic carbocycles. The van der Waals surface area contributed by atoms with Crippen molar-refractivity contribution < 1.29 is 17.9 Å². The molecule has 1 atom stereocenters. The van der Waals surface area contributed by atoms with Gasteiger partial charge in [0.1, 0.15) is 13.2 Å². The van der Waals surface area contributed by atoms with Crippen molar-refractivity contribution in [1.82, 2.24) is 9.62 Å². The highest BCUT2D eigenvalue weighted by atomic mass is 32.2. The molecule has 2 aliphatic heterocycles. The van der Waals surface area contributed by atoms with Crippen LogP contribution in [0.5, 0.6) is 11.5 Å². The van der Waals surface area contributed by atoms with Crippen LogP contribution < -0.4 is 14.2 Å². The number of nitrogens with zero attached hydrogens (tertiary/aromatic N) is 1. The first-order valence-electron chi connectivity index (χ1n) is 7.62. The molecule has 0 radical (unpaired) electrons. The molecule has 2 heterocycles. The topological polar surface area (TPSA) is 67.9 Å². The van der Waals surface area contributed by atoms with Crippen molar-refractivity contribution in [2.75, 3.05) is 39.9 Å². The molecule has 7 heteroatoms. The maximum Gasteiger partial charge on any atom is 0.240 e. The van der Waals surface area contributed by atoms with Crippen LogP contribution in [0.4, 0.5) is 0 Å². The average molecular weight is 326 g/mol. The monoisotopic (exact) mass is 326 g/mol. The highest BCUT2D eigenvalue weighted by molar-refractivity contribution is 7.89. The summed E-state index contributed by atoms with van der Waals surface area (Å²) in [5.74, 6) is 1.45. The number of nitrogens with one attached hydrogen (secondary N) is 1. The van der Waals surface area contributed by atoms with E-state index < -0.39 is 10.0 Å². The number of likely N-dealkylation sites (tertiary alicyclic amines) is 1. The highest BCUT2D eigenvalue weighted by Crippen LogP contribution is 2.32. The quantitative estimate of drug-likeness (QED) is 0.897. The van der Waals surface area contributed by atoms with Crippen molar-refractivity contribution in [3.8, 4) is 11.5 Å². The van der Waals surface area contributed by atoms with Gasteiger partial charge in [0.15, 0.2) is 11.5 Å². The van der Waals surface area contributed by atoms with Crippen LogP contribution in [0, 0.1) is 5.92 Å². The minimum atomic E-state index is -3.51. The van der Waals surface area contributed by atoms with Crippen LogP contribution in [0.2, 0.25) is 0 Å². The summed E-state index contributed by atoms with van der Waals surface area (Å²) in [6, 6.07) is 4.74. The molecule has 2 aliphatic rings. The van der Waals surface area contributed by atoms with Crippen LogP contribution in [0.3, 0.4) is 0 Å². The number of hydrogen-bond donors (Lipinski definition) is 1. The van der Waals surface area contributed by atoms with Crippen LogP contribution >= 0.6 is 0 Å². The number of sulfonamides is 1. The molecular formula is C15H22N2O4S. The third-order valence-electron chi connectivity index (χ3n) is 4.11. The van der Waals surface area contributed by atoms with Crippen LogP contribution in [0.25, 0.3) is 0 Å². The Kier molecular flexibility index (Phi) is 4.56. The molecule has 122 valence electrons. The second-order valence-corrected chi connectivity index (χ2v) is 7.69. The first-order chi connectivity index (χ1) is 10.5. The van der Waals surface area contributed by atoms with E-state index in [2.05, 4.69) is 16.7 Å². The molecular weight excluding hydrogens is 304 g/mol. The summed E-state index contributed by atoms with van der Waals surface area (Å²) in [6.07, 6.45) is 2.18. The van der Waals surface area contributed by atoms with E-state index >= 15 is 0 Å². The second-order valence-electron chi connectivity index (χ2n) is 5.93. The van der Waals surface area contributed by atoms with Gasteiger partial charge in [0.05, 0.1) is 4.90 Å². The Balaban J connectivity index is 1.67. The molecule has 1 aromatic carbocycles. The number of benzene rings is 1. The van der Waals surface area contributed by atoms with E-state index in [-0.39, 0.29) is 4.90 Å². The molecule has 0 aromatic heterocycles. The number of hydrogen-bond acceptors (Lipinski definition) is 5. The molecule has 0 saturated carbocycles. The zero-order chi connectivity index (χ0) is 15.6. The number of piperidine rings is 1. The zero-order valence-corrected chi connectivity index (χ0v) is 13.6. The summed E-state index contributed by atoms with van der Waals surface area (Å²) in [5.41, 5.74) is 0. The lowest BCUT2D eigenvalue weighted by molar-refractivity contribution is 0.171. The van der Waals surface area contributed by atoms with Gasteiger partial charge in [-0.15, -0.1) is 0 Å². The number of ether oxygens (including phenoxy) is 2. The van der Waals surface area contributed by atoms with Crippen molar-refractivity contribution >= 4 is 10.0 Å². The van der Waals surface area contributed by atoms with Gasteiger partial charge in [0.25, 0.3) is 0 Å².